The van der Waals surface area contributed by atoms with E-state index in [1.165, 1.54) is 0 Å². The Morgan fingerprint density at radius 2 is 1.82 bits per heavy atom. The van der Waals surface area contributed by atoms with Gasteiger partial charge in [0.15, 0.2) is 0 Å². The molecule has 2 nitrogen and oxygen atoms in total. The van der Waals surface area contributed by atoms with E-state index in [9.17, 15) is 5.11 Å². The lowest BCUT2D eigenvalue weighted by atomic mass is 9.88. The van der Waals surface area contributed by atoms with Gasteiger partial charge < -0.3 is 5.11 Å². The molecule has 0 fully saturated rings. The minimum atomic E-state index is -0.357. The molecule has 68 valence electrons. The number of hydrogen-bond acceptors (Lipinski definition) is 2. The average Bonchev–Trinajstić information content (AvgIpc) is 1.85. The molecule has 0 aromatic heterocycles. The van der Waals surface area contributed by atoms with E-state index in [1.54, 1.807) is 0 Å². The first-order valence-electron chi connectivity index (χ1n) is 4.32. The number of aliphatic hydroxyl groups excluding tert-OH is 1. The van der Waals surface area contributed by atoms with Crippen molar-refractivity contribution in [2.75, 3.05) is 0 Å². The van der Waals surface area contributed by atoms with Gasteiger partial charge in [-0.15, -0.1) is 0 Å². The van der Waals surface area contributed by atoms with Gasteiger partial charge >= 0.3 is 0 Å². The van der Waals surface area contributed by atoms with Crippen LogP contribution in [0.4, 0.5) is 0 Å². The Bertz CT molecular complexity index is 107. The maximum absolute atomic E-state index is 9.28. The molecule has 0 spiro atoms. The summed E-state index contributed by atoms with van der Waals surface area (Å²) >= 11 is 0. The van der Waals surface area contributed by atoms with Crippen LogP contribution in [0.3, 0.4) is 0 Å². The topological polar surface area (TPSA) is 32.3 Å². The fraction of sp³-hybridized carbons (Fsp3) is 1.00. The molecule has 0 aromatic carbocycles. The Labute approximate surface area is 70.0 Å². The zero-order chi connectivity index (χ0) is 9.07. The normalized spacial score (nSPS) is 18.0. The molecule has 0 rings (SSSR count). The van der Waals surface area contributed by atoms with E-state index in [-0.39, 0.29) is 11.6 Å². The third kappa shape index (κ3) is 4.38. The summed E-state index contributed by atoms with van der Waals surface area (Å²) in [4.78, 5) is 0. The van der Waals surface area contributed by atoms with Crippen LogP contribution in [-0.4, -0.2) is 17.4 Å². The predicted octanol–water partition coefficient (Wildman–Crippen LogP) is 1.74. The van der Waals surface area contributed by atoms with E-state index in [4.69, 9.17) is 0 Å². The molecule has 0 bridgehead atoms. The molecule has 0 radical (unpaired) electrons. The molecule has 2 heteroatoms. The van der Waals surface area contributed by atoms with Crippen LogP contribution in [0.1, 0.15) is 41.0 Å². The van der Waals surface area contributed by atoms with Gasteiger partial charge in [-0.05, 0) is 18.8 Å². The van der Waals surface area contributed by atoms with Gasteiger partial charge in [-0.1, -0.05) is 27.7 Å². The third-order valence-electron chi connectivity index (χ3n) is 2.13. The van der Waals surface area contributed by atoms with Crippen LogP contribution in [0.2, 0.25) is 0 Å². The molecule has 0 saturated carbocycles. The van der Waals surface area contributed by atoms with E-state index >= 15 is 0 Å². The van der Waals surface area contributed by atoms with Crippen LogP contribution in [-0.2, 0) is 0 Å². The van der Waals surface area contributed by atoms with Crippen molar-refractivity contribution in [3.05, 3.63) is 0 Å². The molecule has 2 atom stereocenters. The van der Waals surface area contributed by atoms with Crippen LogP contribution < -0.4 is 5.32 Å². The molecule has 0 aliphatic carbocycles. The summed E-state index contributed by atoms with van der Waals surface area (Å²) in [5, 5.41) is 12.4. The van der Waals surface area contributed by atoms with Crippen LogP contribution in [0.15, 0.2) is 0 Å². The van der Waals surface area contributed by atoms with Crippen molar-refractivity contribution in [2.45, 2.75) is 53.3 Å². The first kappa shape index (κ1) is 10.9. The molecule has 0 amide bonds. The minimum absolute atomic E-state index is 0.218. The van der Waals surface area contributed by atoms with E-state index < -0.39 is 0 Å². The van der Waals surface area contributed by atoms with Gasteiger partial charge in [0.25, 0.3) is 0 Å². The van der Waals surface area contributed by atoms with Gasteiger partial charge in [0, 0.05) is 6.04 Å². The second kappa shape index (κ2) is 4.07. The smallest absolute Gasteiger partial charge is 0.104 e. The summed E-state index contributed by atoms with van der Waals surface area (Å²) in [6.07, 6.45) is 0.407. The van der Waals surface area contributed by atoms with E-state index in [0.717, 1.165) is 6.42 Å². The third-order valence-corrected chi connectivity index (χ3v) is 2.13. The van der Waals surface area contributed by atoms with Gasteiger partial charge in [0.1, 0.15) is 6.23 Å². The van der Waals surface area contributed by atoms with E-state index in [0.29, 0.717) is 6.04 Å². The summed E-state index contributed by atoms with van der Waals surface area (Å²) in [6, 6.07) is 0.345. The second-order valence-electron chi connectivity index (χ2n) is 4.18. The van der Waals surface area contributed by atoms with Gasteiger partial charge in [0.05, 0.1) is 0 Å². The summed E-state index contributed by atoms with van der Waals surface area (Å²) in [7, 11) is 0. The zero-order valence-corrected chi connectivity index (χ0v) is 8.31. The monoisotopic (exact) mass is 159 g/mol. The number of rotatable bonds is 3. The SMILES string of the molecule is CCC(O)NC(C)C(C)(C)C. The van der Waals surface area contributed by atoms with Gasteiger partial charge in [-0.3, -0.25) is 5.32 Å². The lowest BCUT2D eigenvalue weighted by molar-refractivity contribution is 0.0959. The van der Waals surface area contributed by atoms with Gasteiger partial charge in [0.2, 0.25) is 0 Å². The van der Waals surface area contributed by atoms with Crippen molar-refractivity contribution in [1.82, 2.24) is 5.32 Å². The number of hydrogen-bond donors (Lipinski definition) is 2. The minimum Gasteiger partial charge on any atom is -0.379 e. The fourth-order valence-corrected chi connectivity index (χ4v) is 0.656. The highest BCUT2D eigenvalue weighted by molar-refractivity contribution is 4.76. The standard InChI is InChI=1S/C9H21NO/c1-6-8(11)10-7(2)9(3,4)5/h7-8,10-11H,6H2,1-5H3. The first-order valence-corrected chi connectivity index (χ1v) is 4.32. The molecule has 0 aliphatic heterocycles. The highest BCUT2D eigenvalue weighted by Crippen LogP contribution is 2.18. The van der Waals surface area contributed by atoms with Crippen molar-refractivity contribution >= 4 is 0 Å². The lowest BCUT2D eigenvalue weighted by Gasteiger charge is -2.30. The van der Waals surface area contributed by atoms with Crippen molar-refractivity contribution in [3.8, 4) is 0 Å². The Morgan fingerprint density at radius 1 is 1.36 bits per heavy atom. The molecular formula is C9H21NO. The van der Waals surface area contributed by atoms with Crippen LogP contribution >= 0.6 is 0 Å². The molecule has 2 N–H and O–H groups in total. The summed E-state index contributed by atoms with van der Waals surface area (Å²) < 4.78 is 0. The summed E-state index contributed by atoms with van der Waals surface area (Å²) in [6.45, 7) is 10.5. The fourth-order valence-electron chi connectivity index (χ4n) is 0.656. The zero-order valence-electron chi connectivity index (χ0n) is 8.31. The van der Waals surface area contributed by atoms with Crippen molar-refractivity contribution in [2.24, 2.45) is 5.41 Å². The molecular weight excluding hydrogens is 138 g/mol. The maximum atomic E-state index is 9.28. The molecule has 0 heterocycles. The summed E-state index contributed by atoms with van der Waals surface area (Å²) in [5.74, 6) is 0. The highest BCUT2D eigenvalue weighted by atomic mass is 16.3. The van der Waals surface area contributed by atoms with Crippen molar-refractivity contribution < 1.29 is 5.11 Å². The molecule has 0 aliphatic rings. The second-order valence-corrected chi connectivity index (χ2v) is 4.18. The van der Waals surface area contributed by atoms with Crippen LogP contribution in [0.25, 0.3) is 0 Å². The van der Waals surface area contributed by atoms with Crippen LogP contribution in [0, 0.1) is 5.41 Å². The Morgan fingerprint density at radius 3 is 2.09 bits per heavy atom. The van der Waals surface area contributed by atoms with E-state index in [1.807, 2.05) is 6.92 Å². The first-order chi connectivity index (χ1) is 4.88. The summed E-state index contributed by atoms with van der Waals surface area (Å²) in [5.41, 5.74) is 0.218. The number of nitrogens with one attached hydrogen (secondary N) is 1. The Balaban J connectivity index is 3.77. The average molecular weight is 159 g/mol. The highest BCUT2D eigenvalue weighted by Gasteiger charge is 2.20. The molecule has 0 aromatic rings. The van der Waals surface area contributed by atoms with Crippen molar-refractivity contribution in [3.63, 3.8) is 0 Å². The van der Waals surface area contributed by atoms with Crippen molar-refractivity contribution in [1.29, 1.82) is 0 Å². The van der Waals surface area contributed by atoms with Crippen LogP contribution in [0.5, 0.6) is 0 Å². The predicted molar refractivity (Wildman–Crippen MR) is 48.4 cm³/mol. The van der Waals surface area contributed by atoms with Gasteiger partial charge in [-0.2, -0.15) is 0 Å². The molecule has 2 unspecified atom stereocenters. The maximum Gasteiger partial charge on any atom is 0.104 e. The quantitative estimate of drug-likeness (QED) is 0.615. The Hall–Kier alpha value is -0.0800. The lowest BCUT2D eigenvalue weighted by Crippen LogP contribution is -2.43. The van der Waals surface area contributed by atoms with Gasteiger partial charge in [-0.25, -0.2) is 0 Å². The number of aliphatic hydroxyl groups is 1. The van der Waals surface area contributed by atoms with E-state index in [2.05, 4.69) is 33.0 Å². The molecule has 11 heavy (non-hydrogen) atoms. The largest absolute Gasteiger partial charge is 0.379 e. The Kier molecular flexibility index (Phi) is 4.04. The molecule has 0 saturated heterocycles.